The van der Waals surface area contributed by atoms with Gasteiger partial charge in [-0.25, -0.2) is 36.4 Å². The summed E-state index contributed by atoms with van der Waals surface area (Å²) in [5, 5.41) is 0. The smallest absolute Gasteiger partial charge is 0.670 e. The normalized spacial score (nSPS) is 7.89. The van der Waals surface area contributed by atoms with Gasteiger partial charge in [-0.3, -0.25) is 0 Å². The third-order valence-electron chi connectivity index (χ3n) is 3.95. The van der Waals surface area contributed by atoms with E-state index < -0.39 is 0 Å². The van der Waals surface area contributed by atoms with Crippen molar-refractivity contribution in [2.45, 2.75) is 27.7 Å². The molecule has 0 aliphatic carbocycles. The van der Waals surface area contributed by atoms with E-state index in [1.807, 2.05) is 149 Å². The van der Waals surface area contributed by atoms with Crippen LogP contribution in [0.5, 0.6) is 0 Å². The van der Waals surface area contributed by atoms with E-state index in [-0.39, 0.29) is 51.2 Å². The fourth-order valence-corrected chi connectivity index (χ4v) is 2.41. The van der Waals surface area contributed by atoms with Gasteiger partial charge < -0.3 is 15.0 Å². The molecule has 6 aromatic rings. The fourth-order valence-electron chi connectivity index (χ4n) is 2.41. The molecule has 0 N–H and O–H groups in total. The monoisotopic (exact) mass is 617 g/mol. The molecule has 0 fully saturated rings. The first-order valence-electron chi connectivity index (χ1n) is 11.2. The van der Waals surface area contributed by atoms with Crippen LogP contribution in [0.15, 0.2) is 140 Å². The predicted octanol–water partition coefficient (Wildman–Crippen LogP) is 7.37. The molecule has 3 aromatic heterocycles. The molecule has 0 spiro atoms. The van der Waals surface area contributed by atoms with Crippen molar-refractivity contribution in [1.29, 1.82) is 0 Å². The van der Waals surface area contributed by atoms with Crippen molar-refractivity contribution < 1.29 is 51.2 Å². The van der Waals surface area contributed by atoms with Crippen molar-refractivity contribution in [2.24, 2.45) is 0 Å². The minimum Gasteiger partial charge on any atom is -0.670 e. The Balaban J connectivity index is -0.000000371. The van der Waals surface area contributed by atoms with E-state index in [0.717, 1.165) is 17.1 Å². The van der Waals surface area contributed by atoms with Crippen LogP contribution in [-0.2, 0) is 51.2 Å². The summed E-state index contributed by atoms with van der Waals surface area (Å²) in [6, 6.07) is 39.9. The summed E-state index contributed by atoms with van der Waals surface area (Å²) < 4.78 is 0. The molecule has 0 saturated heterocycles. The van der Waals surface area contributed by atoms with Gasteiger partial charge in [-0.2, -0.15) is 90.3 Å². The summed E-state index contributed by atoms with van der Waals surface area (Å²) in [4.78, 5) is 11.8. The van der Waals surface area contributed by atoms with E-state index in [1.165, 1.54) is 5.56 Å². The molecule has 0 bridgehead atoms. The zero-order valence-electron chi connectivity index (χ0n) is 21.7. The van der Waals surface area contributed by atoms with Crippen LogP contribution in [0.2, 0.25) is 0 Å². The Hall–Kier alpha value is -2.55. The molecule has 37 heavy (non-hydrogen) atoms. The van der Waals surface area contributed by atoms with E-state index in [0.29, 0.717) is 0 Å². The zero-order chi connectivity index (χ0) is 24.7. The number of hydrogen-bond donors (Lipinski definition) is 0. The summed E-state index contributed by atoms with van der Waals surface area (Å²) >= 11 is 0. The first-order chi connectivity index (χ1) is 16.6. The van der Waals surface area contributed by atoms with E-state index >= 15 is 0 Å². The molecular formula is C31H35Fe3N3. The van der Waals surface area contributed by atoms with E-state index in [1.54, 1.807) is 12.4 Å². The Kier molecular flexibility index (Phi) is 29.5. The third kappa shape index (κ3) is 26.3. The predicted molar refractivity (Wildman–Crippen MR) is 144 cm³/mol. The van der Waals surface area contributed by atoms with Gasteiger partial charge in [0.1, 0.15) is 0 Å². The van der Waals surface area contributed by atoms with Crippen molar-refractivity contribution in [3.63, 3.8) is 0 Å². The van der Waals surface area contributed by atoms with Crippen LogP contribution in [0.3, 0.4) is 0 Å². The van der Waals surface area contributed by atoms with Crippen LogP contribution >= 0.6 is 0 Å². The quantitative estimate of drug-likeness (QED) is 0.132. The van der Waals surface area contributed by atoms with Crippen LogP contribution in [0, 0.1) is 27.7 Å². The second-order valence-electron chi connectivity index (χ2n) is 7.23. The van der Waals surface area contributed by atoms with Crippen LogP contribution in [0.1, 0.15) is 22.6 Å². The minimum atomic E-state index is 0. The van der Waals surface area contributed by atoms with Crippen LogP contribution in [0.25, 0.3) is 0 Å². The molecule has 0 aliphatic rings. The van der Waals surface area contributed by atoms with Crippen LogP contribution in [-0.4, -0.2) is 0 Å². The standard InChI is InChI=1S/2C6H8N.3C5H5.C4H4N.3Fe/c1-5-3-6(2)7-4-5;1-5-3-4-6(2)7-5;4*1-2-4-5-3-1;;;/h2*3-4H,1-2H3;3*1-5H;1-4H;;;/q6*-1;3*+2. The van der Waals surface area contributed by atoms with Gasteiger partial charge in [-0.1, -0.05) is 56.7 Å². The number of aromatic nitrogens is 3. The largest absolute Gasteiger partial charge is 2.00 e. The van der Waals surface area contributed by atoms with Gasteiger partial charge >= 0.3 is 51.2 Å². The Labute approximate surface area is 255 Å². The van der Waals surface area contributed by atoms with Crippen LogP contribution in [0.4, 0.5) is 0 Å². The molecule has 0 aliphatic heterocycles. The van der Waals surface area contributed by atoms with E-state index in [9.17, 15) is 0 Å². The van der Waals surface area contributed by atoms with Gasteiger partial charge in [0.25, 0.3) is 0 Å². The van der Waals surface area contributed by atoms with E-state index in [2.05, 4.69) is 21.0 Å². The topological polar surface area (TPSA) is 42.3 Å². The fraction of sp³-hybridized carbons (Fsp3) is 0.129. The molecule has 3 heterocycles. The number of nitrogens with zero attached hydrogens (tertiary/aromatic N) is 3. The molecule has 6 rings (SSSR count). The summed E-state index contributed by atoms with van der Waals surface area (Å²) in [5.74, 6) is 0. The summed E-state index contributed by atoms with van der Waals surface area (Å²) in [6.45, 7) is 8.02. The molecule has 3 aromatic carbocycles. The van der Waals surface area contributed by atoms with Crippen molar-refractivity contribution >= 4 is 0 Å². The van der Waals surface area contributed by atoms with Crippen LogP contribution < -0.4 is 15.0 Å². The number of hydrogen-bond acceptors (Lipinski definition) is 0. The van der Waals surface area contributed by atoms with Crippen molar-refractivity contribution in [3.8, 4) is 0 Å². The van der Waals surface area contributed by atoms with Crippen molar-refractivity contribution in [3.05, 3.63) is 163 Å². The molecule has 3 nitrogen and oxygen atoms in total. The maximum atomic E-state index is 4.11. The molecule has 0 atom stereocenters. The Bertz CT molecular complexity index is 842. The molecule has 6 heteroatoms. The van der Waals surface area contributed by atoms with Gasteiger partial charge in [0.2, 0.25) is 0 Å². The van der Waals surface area contributed by atoms with Gasteiger partial charge in [-0.15, -0.1) is 0 Å². The second-order valence-corrected chi connectivity index (χ2v) is 7.23. The van der Waals surface area contributed by atoms with Gasteiger partial charge in [-0.05, 0) is 6.92 Å². The van der Waals surface area contributed by atoms with Gasteiger partial charge in [0.05, 0.1) is 0 Å². The molecular weight excluding hydrogens is 582 g/mol. The number of aryl methyl sites for hydroxylation is 4. The minimum absolute atomic E-state index is 0. The van der Waals surface area contributed by atoms with Gasteiger partial charge in [0.15, 0.2) is 0 Å². The maximum absolute atomic E-state index is 4.11. The second kappa shape index (κ2) is 28.0. The molecule has 0 amide bonds. The van der Waals surface area contributed by atoms with Gasteiger partial charge in [0, 0.05) is 0 Å². The number of rotatable bonds is 0. The Morgan fingerprint density at radius 1 is 0.514 bits per heavy atom. The molecule has 198 valence electrons. The van der Waals surface area contributed by atoms with Crippen molar-refractivity contribution in [2.75, 3.05) is 0 Å². The summed E-state index contributed by atoms with van der Waals surface area (Å²) in [5.41, 5.74) is 4.57. The van der Waals surface area contributed by atoms with E-state index in [4.69, 9.17) is 0 Å². The zero-order valence-corrected chi connectivity index (χ0v) is 25.0. The maximum Gasteiger partial charge on any atom is 2.00 e. The first kappa shape index (κ1) is 39.0. The molecule has 0 unspecified atom stereocenters. The summed E-state index contributed by atoms with van der Waals surface area (Å²) in [6.07, 6.45) is 5.37. The average molecular weight is 617 g/mol. The summed E-state index contributed by atoms with van der Waals surface area (Å²) in [7, 11) is 0. The Morgan fingerprint density at radius 3 is 1.00 bits per heavy atom. The first-order valence-corrected chi connectivity index (χ1v) is 11.2. The third-order valence-corrected chi connectivity index (χ3v) is 3.95. The average Bonchev–Trinajstić information content (AvgIpc) is 3.68. The molecule has 0 radical (unpaired) electrons. The Morgan fingerprint density at radius 2 is 0.892 bits per heavy atom. The van der Waals surface area contributed by atoms with Crippen molar-refractivity contribution in [1.82, 2.24) is 15.0 Å². The SMILES string of the molecule is Cc1c[n-]c(C)c1.Cc1ccc(C)[n-]1.[Fe+2].[Fe+2].[Fe+2].c1cc[cH-]c1.c1cc[cH-]c1.c1cc[cH-]c1.c1cc[n-]c1. The molecule has 0 saturated carbocycles.